The van der Waals surface area contributed by atoms with E-state index in [0.717, 1.165) is 71.3 Å². The van der Waals surface area contributed by atoms with Gasteiger partial charge in [0.05, 0.1) is 5.69 Å². The highest BCUT2D eigenvalue weighted by Crippen LogP contribution is 2.44. The first-order chi connectivity index (χ1) is 19.4. The lowest BCUT2D eigenvalue weighted by Gasteiger charge is -2.37. The Morgan fingerprint density at radius 2 is 1.90 bits per heavy atom. The predicted molar refractivity (Wildman–Crippen MR) is 160 cm³/mol. The van der Waals surface area contributed by atoms with Crippen molar-refractivity contribution < 1.29 is 14.6 Å². The maximum Gasteiger partial charge on any atom is 0.253 e. The number of aliphatic hydroxyl groups is 1. The molecule has 3 heterocycles. The zero-order chi connectivity index (χ0) is 27.8. The van der Waals surface area contributed by atoms with E-state index in [1.54, 1.807) is 11.3 Å². The van der Waals surface area contributed by atoms with Crippen molar-refractivity contribution >= 4 is 22.4 Å². The first-order valence-electron chi connectivity index (χ1n) is 14.6. The number of hydrogen-bond donors (Lipinski definition) is 2. The van der Waals surface area contributed by atoms with Crippen molar-refractivity contribution in [2.45, 2.75) is 52.2 Å². The molecule has 3 fully saturated rings. The molecule has 2 aromatic carbocycles. The van der Waals surface area contributed by atoms with Crippen LogP contribution in [0.4, 0.5) is 5.13 Å². The lowest BCUT2D eigenvalue weighted by molar-refractivity contribution is 0.0708. The number of carbonyl (C=O) groups is 1. The average Bonchev–Trinajstić information content (AvgIpc) is 3.54. The average molecular weight is 561 g/mol. The molecule has 8 heteroatoms. The molecule has 212 valence electrons. The highest BCUT2D eigenvalue weighted by Gasteiger charge is 2.42. The number of thiazole rings is 1. The third kappa shape index (κ3) is 5.49. The number of aryl methyl sites for hydroxylation is 2. The van der Waals surface area contributed by atoms with Gasteiger partial charge >= 0.3 is 0 Å². The van der Waals surface area contributed by atoms with Crippen LogP contribution in [0.1, 0.15) is 52.7 Å². The summed E-state index contributed by atoms with van der Waals surface area (Å²) in [5.41, 5.74) is 12.0. The summed E-state index contributed by atoms with van der Waals surface area (Å²) in [4.78, 5) is 22.4. The molecule has 7 nitrogen and oxygen atoms in total. The fraction of sp³-hybridized carbons (Fsp3) is 0.500. The molecule has 6 rings (SSSR count). The number of anilines is 1. The minimum absolute atomic E-state index is 0.0551. The van der Waals surface area contributed by atoms with Crippen LogP contribution in [0.3, 0.4) is 0 Å². The second kappa shape index (κ2) is 11.5. The minimum Gasteiger partial charge on any atom is -0.488 e. The molecule has 0 spiro atoms. The van der Waals surface area contributed by atoms with Crippen LogP contribution in [-0.2, 0) is 6.61 Å². The van der Waals surface area contributed by atoms with Crippen molar-refractivity contribution in [3.63, 3.8) is 0 Å². The molecule has 1 saturated carbocycles. The molecule has 4 atom stereocenters. The van der Waals surface area contributed by atoms with E-state index in [4.69, 9.17) is 15.5 Å². The van der Waals surface area contributed by atoms with E-state index in [1.807, 2.05) is 36.1 Å². The molecule has 2 saturated heterocycles. The SMILES string of the molecule is Cc1ccc(OCc2ccc(C(=O)N3CCCC(N)C3)cc2C)c(-c2csc(N3C[C@H]4CC[C@@H](C3)[C@H]4CO)n2)c1. The number of fused-ring (bicyclic) bond motifs is 2. The van der Waals surface area contributed by atoms with E-state index in [2.05, 4.69) is 29.3 Å². The number of hydrogen-bond acceptors (Lipinski definition) is 7. The van der Waals surface area contributed by atoms with Gasteiger partial charge in [-0.05, 0) is 92.7 Å². The second-order valence-electron chi connectivity index (χ2n) is 11.9. The lowest BCUT2D eigenvalue weighted by Crippen LogP contribution is -2.45. The topological polar surface area (TPSA) is 91.9 Å². The Morgan fingerprint density at radius 1 is 1.10 bits per heavy atom. The van der Waals surface area contributed by atoms with Crippen LogP contribution in [0.2, 0.25) is 0 Å². The highest BCUT2D eigenvalue weighted by molar-refractivity contribution is 7.14. The summed E-state index contributed by atoms with van der Waals surface area (Å²) >= 11 is 1.69. The minimum atomic E-state index is 0.0551. The van der Waals surface area contributed by atoms with Gasteiger partial charge in [0.2, 0.25) is 0 Å². The number of amides is 1. The largest absolute Gasteiger partial charge is 0.488 e. The second-order valence-corrected chi connectivity index (χ2v) is 12.8. The summed E-state index contributed by atoms with van der Waals surface area (Å²) in [6.45, 7) is 8.21. The molecule has 3 aromatic rings. The van der Waals surface area contributed by atoms with Crippen LogP contribution in [0.15, 0.2) is 41.8 Å². The van der Waals surface area contributed by atoms with Crippen LogP contribution in [0, 0.1) is 31.6 Å². The number of likely N-dealkylation sites (tertiary alicyclic amines) is 1. The lowest BCUT2D eigenvalue weighted by atomic mass is 9.86. The fourth-order valence-electron chi connectivity index (χ4n) is 6.82. The molecular weight excluding hydrogens is 520 g/mol. The summed E-state index contributed by atoms with van der Waals surface area (Å²) in [6.07, 6.45) is 4.36. The van der Waals surface area contributed by atoms with Gasteiger partial charge in [-0.25, -0.2) is 4.98 Å². The monoisotopic (exact) mass is 560 g/mol. The van der Waals surface area contributed by atoms with E-state index < -0.39 is 0 Å². The summed E-state index contributed by atoms with van der Waals surface area (Å²) in [6, 6.07) is 12.2. The number of ether oxygens (including phenoxy) is 1. The Balaban J connectivity index is 1.15. The third-order valence-electron chi connectivity index (χ3n) is 9.13. The van der Waals surface area contributed by atoms with Crippen molar-refractivity contribution in [3.8, 4) is 17.0 Å². The van der Waals surface area contributed by atoms with Crippen molar-refractivity contribution in [1.29, 1.82) is 0 Å². The highest BCUT2D eigenvalue weighted by atomic mass is 32.1. The predicted octanol–water partition coefficient (Wildman–Crippen LogP) is 5.02. The Bertz CT molecular complexity index is 1360. The quantitative estimate of drug-likeness (QED) is 0.422. The van der Waals surface area contributed by atoms with Gasteiger partial charge in [-0.1, -0.05) is 17.7 Å². The van der Waals surface area contributed by atoms with Gasteiger partial charge in [-0.3, -0.25) is 4.79 Å². The normalized spacial score (nSPS) is 24.4. The summed E-state index contributed by atoms with van der Waals surface area (Å²) < 4.78 is 6.38. The Labute approximate surface area is 241 Å². The molecule has 3 N–H and O–H groups in total. The van der Waals surface area contributed by atoms with E-state index in [0.29, 0.717) is 43.1 Å². The van der Waals surface area contributed by atoms with Crippen LogP contribution in [0.25, 0.3) is 11.3 Å². The number of aromatic nitrogens is 1. The smallest absolute Gasteiger partial charge is 0.253 e. The molecular formula is C32H40N4O3S. The first-order valence-corrected chi connectivity index (χ1v) is 15.5. The van der Waals surface area contributed by atoms with Gasteiger partial charge in [0.25, 0.3) is 5.91 Å². The molecule has 0 radical (unpaired) electrons. The standard InChI is InChI=1S/C32H40N4O3S/c1-20-5-10-30(39-18-25-9-6-22(13-21(25)2)31(38)35-11-3-4-26(33)16-35)27(12-20)29-19-40-32(34-29)36-14-23-7-8-24(15-36)28(23)17-37/h5-6,9-10,12-13,19,23-24,26,28,37H,3-4,7-8,11,14-18,33H2,1-2H3/t23-,24+,26?,28+. The van der Waals surface area contributed by atoms with Crippen molar-refractivity contribution in [2.75, 3.05) is 37.7 Å². The van der Waals surface area contributed by atoms with Gasteiger partial charge < -0.3 is 25.4 Å². The number of aliphatic hydroxyl groups excluding tert-OH is 1. The zero-order valence-corrected chi connectivity index (χ0v) is 24.3. The van der Waals surface area contributed by atoms with E-state index in [9.17, 15) is 9.90 Å². The molecule has 2 aliphatic heterocycles. The molecule has 3 aliphatic rings. The number of nitrogens with two attached hydrogens (primary N) is 1. The Hall–Kier alpha value is -2.94. The number of rotatable bonds is 7. The molecule has 1 aliphatic carbocycles. The molecule has 1 unspecified atom stereocenters. The summed E-state index contributed by atoms with van der Waals surface area (Å²) in [5.74, 6) is 2.45. The number of nitrogens with zero attached hydrogens (tertiary/aromatic N) is 3. The van der Waals surface area contributed by atoms with Crippen LogP contribution in [0.5, 0.6) is 5.75 Å². The third-order valence-corrected chi connectivity index (χ3v) is 10.0. The van der Waals surface area contributed by atoms with Crippen molar-refractivity contribution in [3.05, 3.63) is 64.0 Å². The Morgan fingerprint density at radius 3 is 2.62 bits per heavy atom. The van der Waals surface area contributed by atoms with Crippen LogP contribution < -0.4 is 15.4 Å². The molecule has 1 aromatic heterocycles. The number of carbonyl (C=O) groups excluding carboxylic acids is 1. The summed E-state index contributed by atoms with van der Waals surface area (Å²) in [7, 11) is 0. The van der Waals surface area contributed by atoms with Gasteiger partial charge in [0.15, 0.2) is 5.13 Å². The van der Waals surface area contributed by atoms with Crippen LogP contribution >= 0.6 is 11.3 Å². The molecule has 40 heavy (non-hydrogen) atoms. The van der Waals surface area contributed by atoms with E-state index in [1.165, 1.54) is 12.8 Å². The Kier molecular flexibility index (Phi) is 7.84. The first kappa shape index (κ1) is 27.2. The zero-order valence-electron chi connectivity index (χ0n) is 23.5. The van der Waals surface area contributed by atoms with Crippen molar-refractivity contribution in [1.82, 2.24) is 9.88 Å². The molecule has 1 amide bonds. The van der Waals surface area contributed by atoms with E-state index >= 15 is 0 Å². The molecule has 2 bridgehead atoms. The summed E-state index contributed by atoms with van der Waals surface area (Å²) in [5, 5.41) is 13.0. The van der Waals surface area contributed by atoms with Crippen molar-refractivity contribution in [2.24, 2.45) is 23.5 Å². The van der Waals surface area contributed by atoms with E-state index in [-0.39, 0.29) is 11.9 Å². The van der Waals surface area contributed by atoms with Gasteiger partial charge in [0, 0.05) is 55.3 Å². The maximum absolute atomic E-state index is 13.0. The van der Waals surface area contributed by atoms with Gasteiger partial charge in [-0.2, -0.15) is 0 Å². The van der Waals surface area contributed by atoms with Crippen LogP contribution in [-0.4, -0.2) is 59.7 Å². The maximum atomic E-state index is 13.0. The van der Waals surface area contributed by atoms with Gasteiger partial charge in [0.1, 0.15) is 12.4 Å². The van der Waals surface area contributed by atoms with Gasteiger partial charge in [-0.15, -0.1) is 11.3 Å². The number of benzene rings is 2. The fourth-order valence-corrected chi connectivity index (χ4v) is 7.66. The number of piperidine rings is 2.